The Balaban J connectivity index is 2.65. The maximum Gasteiger partial charge on any atom is 0.317 e. The first-order valence-corrected chi connectivity index (χ1v) is 5.88. The minimum Gasteiger partial charge on any atom is -0.480 e. The van der Waals surface area contributed by atoms with Crippen LogP contribution in [0.2, 0.25) is 0 Å². The predicted octanol–water partition coefficient (Wildman–Crippen LogP) is 0.0920. The van der Waals surface area contributed by atoms with Crippen LogP contribution >= 0.6 is 0 Å². The van der Waals surface area contributed by atoms with E-state index >= 15 is 0 Å². The van der Waals surface area contributed by atoms with E-state index in [1.807, 2.05) is 0 Å². The van der Waals surface area contributed by atoms with Crippen molar-refractivity contribution in [2.45, 2.75) is 4.90 Å². The van der Waals surface area contributed by atoms with E-state index in [4.69, 9.17) is 5.11 Å². The molecular weight excluding hydrogens is 218 g/mol. The highest BCUT2D eigenvalue weighted by Gasteiger charge is 2.13. The lowest BCUT2D eigenvalue weighted by atomic mass is 10.4. The lowest BCUT2D eigenvalue weighted by molar-refractivity contribution is -0.135. The van der Waals surface area contributed by atoms with E-state index in [0.29, 0.717) is 0 Å². The topological polar surface area (TPSA) is 83.5 Å². The summed E-state index contributed by atoms with van der Waals surface area (Å²) < 4.78 is 23.1. The van der Waals surface area contributed by atoms with Crippen molar-refractivity contribution in [2.24, 2.45) is 0 Å². The fourth-order valence-electron chi connectivity index (χ4n) is 1.00. The quantitative estimate of drug-likeness (QED) is 0.747. The van der Waals surface area contributed by atoms with Crippen molar-refractivity contribution in [1.29, 1.82) is 0 Å². The van der Waals surface area contributed by atoms with Gasteiger partial charge in [-0.25, -0.2) is 8.42 Å². The summed E-state index contributed by atoms with van der Waals surface area (Å²) >= 11 is 0. The van der Waals surface area contributed by atoms with E-state index in [0.717, 1.165) is 0 Å². The number of hydrogen-bond acceptors (Lipinski definition) is 4. The van der Waals surface area contributed by atoms with Crippen molar-refractivity contribution in [3.63, 3.8) is 0 Å². The molecule has 0 aliphatic heterocycles. The highest BCUT2D eigenvalue weighted by Crippen LogP contribution is 2.08. The standard InChI is InChI=1S/C9H11NO4S/c11-9(12)6-10-7-15(13,14)8-4-2-1-3-5-8/h1-5,10H,6-7H2,(H,11,12). The molecule has 0 fully saturated rings. The number of nitrogens with one attached hydrogen (secondary N) is 1. The lowest BCUT2D eigenvalue weighted by Gasteiger charge is -2.03. The molecule has 0 saturated heterocycles. The first kappa shape index (κ1) is 11.7. The summed E-state index contributed by atoms with van der Waals surface area (Å²) in [6.07, 6.45) is 0. The van der Waals surface area contributed by atoms with Crippen molar-refractivity contribution in [2.75, 3.05) is 12.4 Å². The van der Waals surface area contributed by atoms with Crippen molar-refractivity contribution in [3.05, 3.63) is 30.3 Å². The minimum atomic E-state index is -3.43. The van der Waals surface area contributed by atoms with Gasteiger partial charge in [-0.15, -0.1) is 0 Å². The van der Waals surface area contributed by atoms with Crippen LogP contribution in [-0.2, 0) is 14.6 Å². The first-order chi connectivity index (χ1) is 7.02. The minimum absolute atomic E-state index is 0.183. The molecule has 0 amide bonds. The van der Waals surface area contributed by atoms with Crippen molar-refractivity contribution in [1.82, 2.24) is 5.32 Å². The highest BCUT2D eigenvalue weighted by atomic mass is 32.2. The molecule has 15 heavy (non-hydrogen) atoms. The number of carbonyl (C=O) groups is 1. The molecule has 82 valence electrons. The van der Waals surface area contributed by atoms with Gasteiger partial charge in [-0.3, -0.25) is 10.1 Å². The van der Waals surface area contributed by atoms with Crippen molar-refractivity contribution < 1.29 is 18.3 Å². The van der Waals surface area contributed by atoms with Gasteiger partial charge in [0, 0.05) is 0 Å². The molecule has 0 unspecified atom stereocenters. The summed E-state index contributed by atoms with van der Waals surface area (Å²) in [4.78, 5) is 10.3. The summed E-state index contributed by atoms with van der Waals surface area (Å²) in [6, 6.07) is 7.88. The zero-order valence-electron chi connectivity index (χ0n) is 7.88. The molecule has 0 radical (unpaired) electrons. The third-order valence-electron chi connectivity index (χ3n) is 1.67. The van der Waals surface area contributed by atoms with E-state index in [9.17, 15) is 13.2 Å². The molecule has 0 bridgehead atoms. The number of benzene rings is 1. The maximum atomic E-state index is 11.6. The Labute approximate surface area is 87.7 Å². The van der Waals surface area contributed by atoms with Crippen LogP contribution < -0.4 is 5.32 Å². The van der Waals surface area contributed by atoms with Gasteiger partial charge in [-0.1, -0.05) is 18.2 Å². The molecule has 0 heterocycles. The van der Waals surface area contributed by atoms with Gasteiger partial charge < -0.3 is 5.11 Å². The van der Waals surface area contributed by atoms with Gasteiger partial charge in [-0.05, 0) is 12.1 Å². The second kappa shape index (κ2) is 4.90. The summed E-state index contributed by atoms with van der Waals surface area (Å²) in [5, 5.41) is 10.7. The third kappa shape index (κ3) is 3.69. The smallest absolute Gasteiger partial charge is 0.317 e. The maximum absolute atomic E-state index is 11.6. The monoisotopic (exact) mass is 229 g/mol. The Morgan fingerprint density at radius 3 is 2.40 bits per heavy atom. The summed E-state index contributed by atoms with van der Waals surface area (Å²) in [5.41, 5.74) is 0. The molecule has 0 atom stereocenters. The molecule has 0 aliphatic carbocycles. The second-order valence-corrected chi connectivity index (χ2v) is 4.88. The molecule has 6 heteroatoms. The van der Waals surface area contributed by atoms with Gasteiger partial charge >= 0.3 is 5.97 Å². The van der Waals surface area contributed by atoms with Crippen molar-refractivity contribution in [3.8, 4) is 0 Å². The molecule has 1 aromatic rings. The fraction of sp³-hybridized carbons (Fsp3) is 0.222. The zero-order valence-corrected chi connectivity index (χ0v) is 8.70. The van der Waals surface area contributed by atoms with E-state index in [1.165, 1.54) is 12.1 Å². The average Bonchev–Trinajstić information content (AvgIpc) is 2.18. The Hall–Kier alpha value is -1.40. The van der Waals surface area contributed by atoms with Gasteiger partial charge in [0.25, 0.3) is 0 Å². The Morgan fingerprint density at radius 2 is 1.87 bits per heavy atom. The van der Waals surface area contributed by atoms with Gasteiger partial charge in [-0.2, -0.15) is 0 Å². The average molecular weight is 229 g/mol. The van der Waals surface area contributed by atoms with Crippen LogP contribution in [0.1, 0.15) is 0 Å². The Kier molecular flexibility index (Phi) is 3.81. The molecule has 0 spiro atoms. The summed E-state index contributed by atoms with van der Waals surface area (Å²) in [7, 11) is -3.43. The zero-order chi connectivity index (χ0) is 11.3. The number of sulfone groups is 1. The van der Waals surface area contributed by atoms with Crippen molar-refractivity contribution >= 4 is 15.8 Å². The number of carboxylic acid groups (broad SMARTS) is 1. The lowest BCUT2D eigenvalue weighted by Crippen LogP contribution is -2.28. The molecule has 5 nitrogen and oxygen atoms in total. The first-order valence-electron chi connectivity index (χ1n) is 4.23. The number of rotatable bonds is 5. The van der Waals surface area contributed by atoms with Crippen LogP contribution in [-0.4, -0.2) is 31.9 Å². The van der Waals surface area contributed by atoms with Crippen LogP contribution in [0.5, 0.6) is 0 Å². The molecule has 1 aromatic carbocycles. The Bertz CT molecular complexity index is 427. The third-order valence-corrected chi connectivity index (χ3v) is 3.25. The molecule has 0 aromatic heterocycles. The number of hydrogen-bond donors (Lipinski definition) is 2. The summed E-state index contributed by atoms with van der Waals surface area (Å²) in [5.74, 6) is -1.46. The molecule has 1 rings (SSSR count). The SMILES string of the molecule is O=C(O)CNCS(=O)(=O)c1ccccc1. The molecule has 0 saturated carbocycles. The van der Waals surface area contributed by atoms with Crippen LogP contribution in [0.15, 0.2) is 35.2 Å². The van der Waals surface area contributed by atoms with E-state index in [2.05, 4.69) is 5.32 Å². The van der Waals surface area contributed by atoms with Crippen LogP contribution in [0.25, 0.3) is 0 Å². The molecular formula is C9H11NO4S. The largest absolute Gasteiger partial charge is 0.480 e. The number of carboxylic acids is 1. The summed E-state index contributed by atoms with van der Waals surface area (Å²) in [6.45, 7) is -0.369. The van der Waals surface area contributed by atoms with E-state index in [1.54, 1.807) is 18.2 Å². The van der Waals surface area contributed by atoms with Crippen LogP contribution in [0.4, 0.5) is 0 Å². The Morgan fingerprint density at radius 1 is 1.27 bits per heavy atom. The van der Waals surface area contributed by atoms with Crippen LogP contribution in [0.3, 0.4) is 0 Å². The fourth-order valence-corrected chi connectivity index (χ4v) is 2.11. The van der Waals surface area contributed by atoms with Crippen LogP contribution in [0, 0.1) is 0 Å². The van der Waals surface area contributed by atoms with Gasteiger partial charge in [0.2, 0.25) is 0 Å². The normalized spacial score (nSPS) is 11.2. The second-order valence-electron chi connectivity index (χ2n) is 2.89. The molecule has 0 aliphatic rings. The van der Waals surface area contributed by atoms with Gasteiger partial charge in [0.1, 0.15) is 5.88 Å². The van der Waals surface area contributed by atoms with Gasteiger partial charge in [0.05, 0.1) is 11.4 Å². The van der Waals surface area contributed by atoms with Gasteiger partial charge in [0.15, 0.2) is 9.84 Å². The number of aliphatic carboxylic acids is 1. The highest BCUT2D eigenvalue weighted by molar-refractivity contribution is 7.91. The molecule has 2 N–H and O–H groups in total. The van der Waals surface area contributed by atoms with E-state index < -0.39 is 15.8 Å². The van der Waals surface area contributed by atoms with E-state index in [-0.39, 0.29) is 17.3 Å². The predicted molar refractivity (Wildman–Crippen MR) is 54.1 cm³/mol.